The lowest BCUT2D eigenvalue weighted by Gasteiger charge is -2.35. The number of alkyl halides is 3. The SMILES string of the molecule is O=C(O)c1cc(N2CCC[C@@H](C(F)(F)F)C2)nc2c1CCOCC2. The van der Waals surface area contributed by atoms with Crippen molar-refractivity contribution in [2.45, 2.75) is 31.9 Å². The number of hydrogen-bond donors (Lipinski definition) is 1. The number of nitrogens with zero attached hydrogens (tertiary/aromatic N) is 2. The van der Waals surface area contributed by atoms with Crippen molar-refractivity contribution in [3.8, 4) is 0 Å². The lowest BCUT2D eigenvalue weighted by Crippen LogP contribution is -2.42. The van der Waals surface area contributed by atoms with Gasteiger partial charge < -0.3 is 14.7 Å². The summed E-state index contributed by atoms with van der Waals surface area (Å²) in [5.41, 5.74) is 1.37. The smallest absolute Gasteiger partial charge is 0.393 e. The van der Waals surface area contributed by atoms with E-state index < -0.39 is 18.1 Å². The molecule has 0 aliphatic carbocycles. The van der Waals surface area contributed by atoms with Crippen LogP contribution in [-0.4, -0.2) is 48.5 Å². The Kier molecular flexibility index (Phi) is 4.67. The van der Waals surface area contributed by atoms with Gasteiger partial charge in [-0.25, -0.2) is 9.78 Å². The van der Waals surface area contributed by atoms with Gasteiger partial charge in [-0.1, -0.05) is 0 Å². The van der Waals surface area contributed by atoms with Crippen LogP contribution in [0.25, 0.3) is 0 Å². The molecular weight excluding hydrogens is 325 g/mol. The number of ether oxygens (including phenoxy) is 1. The summed E-state index contributed by atoms with van der Waals surface area (Å²) in [7, 11) is 0. The Morgan fingerprint density at radius 2 is 2.08 bits per heavy atom. The van der Waals surface area contributed by atoms with Gasteiger partial charge in [-0.05, 0) is 30.9 Å². The van der Waals surface area contributed by atoms with E-state index in [2.05, 4.69) is 4.98 Å². The number of rotatable bonds is 2. The summed E-state index contributed by atoms with van der Waals surface area (Å²) in [6.45, 7) is 1.14. The second kappa shape index (κ2) is 6.58. The summed E-state index contributed by atoms with van der Waals surface area (Å²) in [6.07, 6.45) is -2.80. The van der Waals surface area contributed by atoms with E-state index in [1.54, 1.807) is 4.90 Å². The van der Waals surface area contributed by atoms with Crippen molar-refractivity contribution in [2.75, 3.05) is 31.2 Å². The maximum atomic E-state index is 13.0. The fourth-order valence-corrected chi connectivity index (χ4v) is 3.35. The molecule has 3 rings (SSSR count). The molecule has 0 radical (unpaired) electrons. The first-order valence-electron chi connectivity index (χ1n) is 8.01. The minimum atomic E-state index is -4.24. The number of carboxylic acids is 1. The predicted molar refractivity (Wildman–Crippen MR) is 80.4 cm³/mol. The molecule has 0 amide bonds. The van der Waals surface area contributed by atoms with E-state index in [0.717, 1.165) is 0 Å². The zero-order valence-corrected chi connectivity index (χ0v) is 13.1. The Morgan fingerprint density at radius 1 is 1.33 bits per heavy atom. The molecule has 2 aliphatic rings. The summed E-state index contributed by atoms with van der Waals surface area (Å²) in [5, 5.41) is 9.47. The second-order valence-electron chi connectivity index (χ2n) is 6.20. The number of carbonyl (C=O) groups is 1. The van der Waals surface area contributed by atoms with Crippen LogP contribution in [0.1, 0.15) is 34.5 Å². The Balaban J connectivity index is 1.94. The number of pyridine rings is 1. The zero-order chi connectivity index (χ0) is 17.3. The van der Waals surface area contributed by atoms with Gasteiger partial charge in [-0.3, -0.25) is 0 Å². The minimum Gasteiger partial charge on any atom is -0.478 e. The normalized spacial score (nSPS) is 22.0. The molecule has 1 N–H and O–H groups in total. The molecule has 1 atom stereocenters. The largest absolute Gasteiger partial charge is 0.478 e. The van der Waals surface area contributed by atoms with Crippen molar-refractivity contribution in [3.63, 3.8) is 0 Å². The number of aromatic carboxylic acids is 1. The molecule has 5 nitrogen and oxygen atoms in total. The van der Waals surface area contributed by atoms with Gasteiger partial charge >= 0.3 is 12.1 Å². The molecule has 0 spiro atoms. The van der Waals surface area contributed by atoms with Crippen LogP contribution >= 0.6 is 0 Å². The summed E-state index contributed by atoms with van der Waals surface area (Å²) in [6, 6.07) is 1.41. The Bertz CT molecular complexity index is 634. The molecule has 0 aromatic carbocycles. The summed E-state index contributed by atoms with van der Waals surface area (Å²) >= 11 is 0. The van der Waals surface area contributed by atoms with Crippen LogP contribution in [0.3, 0.4) is 0 Å². The van der Waals surface area contributed by atoms with Crippen molar-refractivity contribution in [1.29, 1.82) is 0 Å². The topological polar surface area (TPSA) is 62.7 Å². The average Bonchev–Trinajstić information content (AvgIpc) is 2.78. The molecule has 1 aromatic rings. The van der Waals surface area contributed by atoms with E-state index in [1.165, 1.54) is 6.07 Å². The second-order valence-corrected chi connectivity index (χ2v) is 6.20. The highest BCUT2D eigenvalue weighted by atomic mass is 19.4. The molecule has 132 valence electrons. The Hall–Kier alpha value is -1.83. The highest BCUT2D eigenvalue weighted by molar-refractivity contribution is 5.90. The van der Waals surface area contributed by atoms with Crippen molar-refractivity contribution < 1.29 is 27.8 Å². The Labute approximate surface area is 137 Å². The molecule has 0 saturated carbocycles. The number of aromatic nitrogens is 1. The van der Waals surface area contributed by atoms with E-state index in [1.807, 2.05) is 0 Å². The van der Waals surface area contributed by atoms with Crippen LogP contribution in [0.5, 0.6) is 0 Å². The summed E-state index contributed by atoms with van der Waals surface area (Å²) in [4.78, 5) is 17.6. The van der Waals surface area contributed by atoms with E-state index >= 15 is 0 Å². The lowest BCUT2D eigenvalue weighted by atomic mass is 9.96. The quantitative estimate of drug-likeness (QED) is 0.894. The predicted octanol–water partition coefficient (Wildman–Crippen LogP) is 2.67. The average molecular weight is 344 g/mol. The van der Waals surface area contributed by atoms with Gasteiger partial charge in [0, 0.05) is 25.2 Å². The van der Waals surface area contributed by atoms with Crippen LogP contribution in [0, 0.1) is 5.92 Å². The fraction of sp³-hybridized carbons (Fsp3) is 0.625. The maximum absolute atomic E-state index is 13.0. The Morgan fingerprint density at radius 3 is 2.79 bits per heavy atom. The van der Waals surface area contributed by atoms with Crippen molar-refractivity contribution >= 4 is 11.8 Å². The number of fused-ring (bicyclic) bond motifs is 1. The maximum Gasteiger partial charge on any atom is 0.393 e. The van der Waals surface area contributed by atoms with Crippen molar-refractivity contribution in [1.82, 2.24) is 4.98 Å². The van der Waals surface area contributed by atoms with Crippen LogP contribution in [0.2, 0.25) is 0 Å². The van der Waals surface area contributed by atoms with Gasteiger partial charge in [0.15, 0.2) is 0 Å². The monoisotopic (exact) mass is 344 g/mol. The molecule has 24 heavy (non-hydrogen) atoms. The number of carboxylic acid groups (broad SMARTS) is 1. The third-order valence-electron chi connectivity index (χ3n) is 4.61. The molecule has 1 fully saturated rings. The van der Waals surface area contributed by atoms with E-state index in [0.29, 0.717) is 56.1 Å². The van der Waals surface area contributed by atoms with Crippen LogP contribution in [-0.2, 0) is 17.6 Å². The van der Waals surface area contributed by atoms with Gasteiger partial charge in [0.1, 0.15) is 5.82 Å². The van der Waals surface area contributed by atoms with Crippen molar-refractivity contribution in [2.24, 2.45) is 5.92 Å². The third kappa shape index (κ3) is 3.48. The third-order valence-corrected chi connectivity index (χ3v) is 4.61. The number of hydrogen-bond acceptors (Lipinski definition) is 4. The zero-order valence-electron chi connectivity index (χ0n) is 13.1. The highest BCUT2D eigenvalue weighted by Gasteiger charge is 2.42. The van der Waals surface area contributed by atoms with Gasteiger partial charge in [-0.15, -0.1) is 0 Å². The van der Waals surface area contributed by atoms with Crippen LogP contribution in [0.4, 0.5) is 19.0 Å². The van der Waals surface area contributed by atoms with Crippen LogP contribution in [0.15, 0.2) is 6.07 Å². The fourth-order valence-electron chi connectivity index (χ4n) is 3.35. The number of piperidine rings is 1. The molecule has 1 saturated heterocycles. The summed E-state index contributed by atoms with van der Waals surface area (Å²) < 4.78 is 44.4. The number of halogens is 3. The molecule has 8 heteroatoms. The van der Waals surface area contributed by atoms with E-state index in [9.17, 15) is 23.1 Å². The van der Waals surface area contributed by atoms with Crippen LogP contribution < -0.4 is 4.90 Å². The molecule has 0 unspecified atom stereocenters. The van der Waals surface area contributed by atoms with E-state index in [4.69, 9.17) is 4.74 Å². The minimum absolute atomic E-state index is 0.102. The molecular formula is C16H19F3N2O3. The van der Waals surface area contributed by atoms with Gasteiger partial charge in [0.2, 0.25) is 0 Å². The molecule has 1 aromatic heterocycles. The lowest BCUT2D eigenvalue weighted by molar-refractivity contribution is -0.176. The van der Waals surface area contributed by atoms with Crippen molar-refractivity contribution in [3.05, 3.63) is 22.9 Å². The first kappa shape index (κ1) is 17.0. The van der Waals surface area contributed by atoms with E-state index in [-0.39, 0.29) is 18.5 Å². The molecule has 2 aliphatic heterocycles. The first-order chi connectivity index (χ1) is 11.4. The standard InChI is InChI=1S/C16H19F3N2O3/c17-16(18,19)10-2-1-5-21(9-10)14-8-12(15(22)23)11-3-6-24-7-4-13(11)20-14/h8,10H,1-7,9H2,(H,22,23)/t10-/m1/s1. The summed E-state index contributed by atoms with van der Waals surface area (Å²) in [5.74, 6) is -2.16. The molecule has 0 bridgehead atoms. The van der Waals surface area contributed by atoms with Gasteiger partial charge in [0.25, 0.3) is 0 Å². The molecule has 3 heterocycles. The van der Waals surface area contributed by atoms with Gasteiger partial charge in [-0.2, -0.15) is 13.2 Å². The first-order valence-corrected chi connectivity index (χ1v) is 8.01. The highest BCUT2D eigenvalue weighted by Crippen LogP contribution is 2.35. The van der Waals surface area contributed by atoms with Gasteiger partial charge in [0.05, 0.1) is 24.7 Å². The number of anilines is 1.